The van der Waals surface area contributed by atoms with Crippen LogP contribution in [0.3, 0.4) is 0 Å². The number of aliphatic hydroxyl groups is 1. The lowest BCUT2D eigenvalue weighted by Gasteiger charge is -2.16. The molecule has 0 saturated carbocycles. The van der Waals surface area contributed by atoms with Crippen LogP contribution in [-0.2, 0) is 19.0 Å². The van der Waals surface area contributed by atoms with Crippen molar-refractivity contribution in [2.24, 2.45) is 0 Å². The first-order valence-corrected chi connectivity index (χ1v) is 8.02. The van der Waals surface area contributed by atoms with Crippen LogP contribution in [0.1, 0.15) is 16.7 Å². The van der Waals surface area contributed by atoms with E-state index in [9.17, 15) is 31.4 Å². The summed E-state index contributed by atoms with van der Waals surface area (Å²) in [5, 5.41) is 12.2. The topological polar surface area (TPSA) is 67.3 Å². The molecule has 0 saturated heterocycles. The van der Waals surface area contributed by atoms with Crippen LogP contribution in [0, 0.1) is 0 Å². The zero-order chi connectivity index (χ0) is 21.4. The average molecular weight is 417 g/mol. The molecular weight excluding hydrogens is 404 g/mol. The number of ether oxygens (including phenoxy) is 1. The fraction of sp³-hybridized carbons (Fsp3) is 0.222. The number of nitrogens with one attached hydrogen (secondary N) is 1. The zero-order valence-electron chi connectivity index (χ0n) is 14.7. The number of halogens is 6. The van der Waals surface area contributed by atoms with E-state index in [-0.39, 0.29) is 29.6 Å². The van der Waals surface area contributed by atoms with E-state index in [1.165, 1.54) is 19.2 Å². The van der Waals surface area contributed by atoms with Crippen LogP contribution in [0.15, 0.2) is 36.7 Å². The smallest absolute Gasteiger partial charge is 0.416 e. The number of rotatable bonds is 4. The van der Waals surface area contributed by atoms with Crippen molar-refractivity contribution in [3.05, 3.63) is 53.3 Å². The molecule has 1 aromatic heterocycles. The quantitative estimate of drug-likeness (QED) is 0.591. The van der Waals surface area contributed by atoms with E-state index < -0.39 is 29.2 Å². The first kappa shape index (κ1) is 20.6. The highest BCUT2D eigenvalue weighted by Crippen LogP contribution is 2.38. The van der Waals surface area contributed by atoms with Crippen molar-refractivity contribution in [2.75, 3.05) is 12.4 Å². The van der Waals surface area contributed by atoms with Crippen LogP contribution < -0.4 is 10.1 Å². The lowest BCUT2D eigenvalue weighted by Crippen LogP contribution is -2.11. The third kappa shape index (κ3) is 4.34. The summed E-state index contributed by atoms with van der Waals surface area (Å²) in [5.41, 5.74) is -2.63. The lowest BCUT2D eigenvalue weighted by molar-refractivity contribution is -0.143. The van der Waals surface area contributed by atoms with Crippen LogP contribution in [0.4, 0.5) is 37.8 Å². The van der Waals surface area contributed by atoms with Gasteiger partial charge in [0.15, 0.2) is 0 Å². The van der Waals surface area contributed by atoms with Gasteiger partial charge in [-0.15, -0.1) is 0 Å². The lowest BCUT2D eigenvalue weighted by atomic mass is 10.1. The van der Waals surface area contributed by atoms with E-state index in [1.807, 2.05) is 0 Å². The molecule has 29 heavy (non-hydrogen) atoms. The number of nitrogens with zero attached hydrogens (tertiary/aromatic N) is 2. The molecule has 11 heteroatoms. The van der Waals surface area contributed by atoms with Crippen molar-refractivity contribution in [1.82, 2.24) is 9.97 Å². The first-order valence-electron chi connectivity index (χ1n) is 8.02. The molecule has 0 amide bonds. The van der Waals surface area contributed by atoms with E-state index in [4.69, 9.17) is 4.74 Å². The van der Waals surface area contributed by atoms with E-state index in [0.717, 1.165) is 6.33 Å². The molecule has 0 aliphatic heterocycles. The van der Waals surface area contributed by atoms with E-state index >= 15 is 0 Å². The summed E-state index contributed by atoms with van der Waals surface area (Å²) in [5.74, 6) is 0.239. The summed E-state index contributed by atoms with van der Waals surface area (Å²) in [6.07, 6.45) is -8.84. The van der Waals surface area contributed by atoms with Gasteiger partial charge in [0.25, 0.3) is 0 Å². The Bertz CT molecular complexity index is 1020. The van der Waals surface area contributed by atoms with Crippen molar-refractivity contribution in [3.63, 3.8) is 0 Å². The van der Waals surface area contributed by atoms with Gasteiger partial charge < -0.3 is 15.2 Å². The minimum atomic E-state index is -4.97. The molecule has 1 heterocycles. The Morgan fingerprint density at radius 1 is 0.931 bits per heavy atom. The van der Waals surface area contributed by atoms with Crippen LogP contribution in [-0.4, -0.2) is 22.2 Å². The highest BCUT2D eigenvalue weighted by atomic mass is 19.4. The van der Waals surface area contributed by atoms with Crippen LogP contribution in [0.2, 0.25) is 0 Å². The molecule has 2 N–H and O–H groups in total. The number of fused-ring (bicyclic) bond motifs is 1. The second-order valence-corrected chi connectivity index (χ2v) is 5.98. The van der Waals surface area contributed by atoms with Gasteiger partial charge in [-0.1, -0.05) is 0 Å². The van der Waals surface area contributed by atoms with Crippen LogP contribution >= 0.6 is 0 Å². The molecule has 3 aromatic rings. The second-order valence-electron chi connectivity index (χ2n) is 5.98. The Morgan fingerprint density at radius 3 is 2.07 bits per heavy atom. The van der Waals surface area contributed by atoms with Gasteiger partial charge in [-0.2, -0.15) is 26.3 Å². The number of aliphatic hydroxyl groups excluding tert-OH is 1. The van der Waals surface area contributed by atoms with E-state index in [0.29, 0.717) is 23.2 Å². The molecule has 0 unspecified atom stereocenters. The van der Waals surface area contributed by atoms with Crippen LogP contribution in [0.5, 0.6) is 5.75 Å². The van der Waals surface area contributed by atoms with Gasteiger partial charge in [0.05, 0.1) is 30.4 Å². The number of alkyl halides is 6. The molecule has 0 spiro atoms. The van der Waals surface area contributed by atoms with Gasteiger partial charge in [0.2, 0.25) is 0 Å². The maximum atomic E-state index is 13.0. The standard InChI is InChI=1S/C18H13F6N3O2/c1-29-15-6-13-14(2-9(15)7-28)25-8-26-16(13)27-12-4-10(17(19,20)21)3-11(5-12)18(22,23)24/h2-6,8,28H,7H2,1H3,(H,25,26,27). The summed E-state index contributed by atoms with van der Waals surface area (Å²) in [7, 11) is 1.35. The summed E-state index contributed by atoms with van der Waals surface area (Å²) in [6.45, 7) is -0.353. The molecule has 0 radical (unpaired) electrons. The number of benzene rings is 2. The molecule has 2 aromatic carbocycles. The number of hydrogen-bond donors (Lipinski definition) is 2. The predicted molar refractivity (Wildman–Crippen MR) is 91.7 cm³/mol. The minimum absolute atomic E-state index is 0.0229. The largest absolute Gasteiger partial charge is 0.496 e. The van der Waals surface area contributed by atoms with Crippen molar-refractivity contribution in [3.8, 4) is 5.75 Å². The van der Waals surface area contributed by atoms with Gasteiger partial charge in [-0.05, 0) is 30.3 Å². The van der Waals surface area contributed by atoms with E-state index in [1.54, 1.807) is 0 Å². The highest BCUT2D eigenvalue weighted by molar-refractivity contribution is 5.92. The Balaban J connectivity index is 2.13. The first-order chi connectivity index (χ1) is 13.5. The summed E-state index contributed by atoms with van der Waals surface area (Å²) < 4.78 is 83.4. The average Bonchev–Trinajstić information content (AvgIpc) is 2.65. The van der Waals surface area contributed by atoms with Crippen LogP contribution in [0.25, 0.3) is 10.9 Å². The third-order valence-corrected chi connectivity index (χ3v) is 4.06. The maximum Gasteiger partial charge on any atom is 0.416 e. The minimum Gasteiger partial charge on any atom is -0.496 e. The van der Waals surface area contributed by atoms with Gasteiger partial charge >= 0.3 is 12.4 Å². The molecule has 3 rings (SSSR count). The van der Waals surface area contributed by atoms with Crippen molar-refractivity contribution < 1.29 is 36.2 Å². The summed E-state index contributed by atoms with van der Waals surface area (Å²) in [6, 6.07) is 4.07. The highest BCUT2D eigenvalue weighted by Gasteiger charge is 2.37. The number of hydrogen-bond acceptors (Lipinski definition) is 5. The molecule has 0 fully saturated rings. The Hall–Kier alpha value is -3.08. The Kier molecular flexibility index (Phi) is 5.26. The van der Waals surface area contributed by atoms with Gasteiger partial charge in [0, 0.05) is 16.6 Å². The fourth-order valence-corrected chi connectivity index (χ4v) is 2.70. The van der Waals surface area contributed by atoms with Gasteiger partial charge in [-0.3, -0.25) is 0 Å². The predicted octanol–water partition coefficient (Wildman–Crippen LogP) is 4.91. The number of methoxy groups -OCH3 is 1. The molecule has 154 valence electrons. The third-order valence-electron chi connectivity index (χ3n) is 4.06. The second kappa shape index (κ2) is 7.39. The molecule has 0 aliphatic carbocycles. The maximum absolute atomic E-state index is 13.0. The zero-order valence-corrected chi connectivity index (χ0v) is 14.7. The Labute approximate surface area is 160 Å². The number of aromatic nitrogens is 2. The number of anilines is 2. The van der Waals surface area contributed by atoms with Crippen molar-refractivity contribution >= 4 is 22.4 Å². The normalized spacial score (nSPS) is 12.3. The Morgan fingerprint density at radius 2 is 1.55 bits per heavy atom. The molecular formula is C18H13F6N3O2. The molecule has 0 atom stereocenters. The van der Waals surface area contributed by atoms with E-state index in [2.05, 4.69) is 15.3 Å². The van der Waals surface area contributed by atoms with Gasteiger partial charge in [0.1, 0.15) is 17.9 Å². The SMILES string of the molecule is COc1cc2c(Nc3cc(C(F)(F)F)cc(C(F)(F)F)c3)ncnc2cc1CO. The molecule has 5 nitrogen and oxygen atoms in total. The monoisotopic (exact) mass is 417 g/mol. The molecule has 0 aliphatic rings. The fourth-order valence-electron chi connectivity index (χ4n) is 2.70. The van der Waals surface area contributed by atoms with Crippen molar-refractivity contribution in [2.45, 2.75) is 19.0 Å². The molecule has 0 bridgehead atoms. The summed E-state index contributed by atoms with van der Waals surface area (Å²) in [4.78, 5) is 7.92. The summed E-state index contributed by atoms with van der Waals surface area (Å²) >= 11 is 0. The van der Waals surface area contributed by atoms with Crippen molar-refractivity contribution in [1.29, 1.82) is 0 Å². The van der Waals surface area contributed by atoms with Gasteiger partial charge in [-0.25, -0.2) is 9.97 Å².